The van der Waals surface area contributed by atoms with Gasteiger partial charge in [-0.2, -0.15) is 13.2 Å². The minimum Gasteiger partial charge on any atom is -0.481 e. The highest BCUT2D eigenvalue weighted by Crippen LogP contribution is 2.33. The monoisotopic (exact) mass is 438 g/mol. The predicted octanol–water partition coefficient (Wildman–Crippen LogP) is 5.95. The van der Waals surface area contributed by atoms with E-state index in [1.807, 2.05) is 59.2 Å². The molecule has 0 radical (unpaired) electrons. The Hall–Kier alpha value is -3.74. The van der Waals surface area contributed by atoms with Gasteiger partial charge in [0.1, 0.15) is 5.82 Å². The van der Waals surface area contributed by atoms with Crippen molar-refractivity contribution in [2.45, 2.75) is 25.7 Å². The molecule has 4 aromatic rings. The Morgan fingerprint density at radius 2 is 1.59 bits per heavy atom. The SMILES string of the molecule is O=C(O)Cc1c(NCc2cccc(C(F)(F)F)c2)n(Cc2ccccc2)c2ccccc12. The molecule has 0 amide bonds. The third-order valence-electron chi connectivity index (χ3n) is 5.30. The van der Waals surface area contributed by atoms with Gasteiger partial charge in [0, 0.05) is 24.0 Å². The van der Waals surface area contributed by atoms with Crippen molar-refractivity contribution in [3.05, 3.63) is 101 Å². The number of alkyl halides is 3. The van der Waals surface area contributed by atoms with E-state index in [9.17, 15) is 23.1 Å². The van der Waals surface area contributed by atoms with Crippen LogP contribution in [-0.2, 0) is 30.5 Å². The number of fused-ring (bicyclic) bond motifs is 1. The molecule has 0 unspecified atom stereocenters. The maximum absolute atomic E-state index is 13.1. The van der Waals surface area contributed by atoms with Crippen molar-refractivity contribution in [3.63, 3.8) is 0 Å². The van der Waals surface area contributed by atoms with Crippen molar-refractivity contribution < 1.29 is 23.1 Å². The van der Waals surface area contributed by atoms with E-state index in [4.69, 9.17) is 0 Å². The highest BCUT2D eigenvalue weighted by Gasteiger charge is 2.30. The molecule has 164 valence electrons. The van der Waals surface area contributed by atoms with Crippen LogP contribution in [0.1, 0.15) is 22.3 Å². The fourth-order valence-corrected chi connectivity index (χ4v) is 3.88. The lowest BCUT2D eigenvalue weighted by molar-refractivity contribution is -0.138. The third kappa shape index (κ3) is 4.61. The number of benzene rings is 3. The summed E-state index contributed by atoms with van der Waals surface area (Å²) in [5.74, 6) is -0.385. The van der Waals surface area contributed by atoms with E-state index in [1.54, 1.807) is 6.07 Å². The molecule has 0 aliphatic heterocycles. The summed E-state index contributed by atoms with van der Waals surface area (Å²) in [6.07, 6.45) is -4.63. The average molecular weight is 438 g/mol. The smallest absolute Gasteiger partial charge is 0.416 e. The first-order valence-corrected chi connectivity index (χ1v) is 10.1. The summed E-state index contributed by atoms with van der Waals surface area (Å²) in [5, 5.41) is 13.5. The lowest BCUT2D eigenvalue weighted by Gasteiger charge is -2.15. The standard InChI is InChI=1S/C25H21F3N2O2/c26-25(27,28)19-10-6-9-18(13-19)15-29-24-21(14-23(31)32)20-11-4-5-12-22(20)30(24)16-17-7-2-1-3-8-17/h1-13,29H,14-16H2,(H,31,32). The summed E-state index contributed by atoms with van der Waals surface area (Å²) < 4.78 is 41.3. The van der Waals surface area contributed by atoms with Gasteiger partial charge >= 0.3 is 12.1 Å². The number of aromatic nitrogens is 1. The molecule has 7 heteroatoms. The topological polar surface area (TPSA) is 54.3 Å². The van der Waals surface area contributed by atoms with Crippen molar-refractivity contribution in [3.8, 4) is 0 Å². The van der Waals surface area contributed by atoms with E-state index in [-0.39, 0.29) is 13.0 Å². The van der Waals surface area contributed by atoms with E-state index in [0.29, 0.717) is 23.5 Å². The number of carboxylic acids is 1. The molecule has 0 aliphatic carbocycles. The van der Waals surface area contributed by atoms with Gasteiger partial charge in [-0.15, -0.1) is 0 Å². The maximum atomic E-state index is 13.1. The van der Waals surface area contributed by atoms with Crippen LogP contribution in [0.25, 0.3) is 10.9 Å². The molecule has 2 N–H and O–H groups in total. The average Bonchev–Trinajstić information content (AvgIpc) is 3.05. The van der Waals surface area contributed by atoms with Crippen molar-refractivity contribution >= 4 is 22.7 Å². The van der Waals surface area contributed by atoms with Gasteiger partial charge in [-0.3, -0.25) is 4.79 Å². The van der Waals surface area contributed by atoms with Crippen molar-refractivity contribution in [2.24, 2.45) is 0 Å². The van der Waals surface area contributed by atoms with Crippen LogP contribution in [0.2, 0.25) is 0 Å². The Balaban J connectivity index is 1.76. The molecule has 0 fully saturated rings. The minimum absolute atomic E-state index is 0.127. The second-order valence-corrected chi connectivity index (χ2v) is 7.54. The molecule has 3 aromatic carbocycles. The molecule has 0 bridgehead atoms. The number of carboxylic acid groups (broad SMARTS) is 1. The molecule has 32 heavy (non-hydrogen) atoms. The van der Waals surface area contributed by atoms with Gasteiger partial charge < -0.3 is 15.0 Å². The zero-order valence-corrected chi connectivity index (χ0v) is 17.1. The summed E-state index contributed by atoms with van der Waals surface area (Å²) in [4.78, 5) is 11.6. The Morgan fingerprint density at radius 3 is 2.31 bits per heavy atom. The molecule has 0 saturated carbocycles. The molecule has 0 saturated heterocycles. The zero-order chi connectivity index (χ0) is 22.7. The minimum atomic E-state index is -4.42. The molecular formula is C25H21F3N2O2. The van der Waals surface area contributed by atoms with Crippen LogP contribution in [0.4, 0.5) is 19.0 Å². The second kappa shape index (κ2) is 8.78. The predicted molar refractivity (Wildman–Crippen MR) is 118 cm³/mol. The van der Waals surface area contributed by atoms with Gasteiger partial charge in [0.25, 0.3) is 0 Å². The number of anilines is 1. The van der Waals surface area contributed by atoms with Gasteiger partial charge in [-0.1, -0.05) is 60.7 Å². The van der Waals surface area contributed by atoms with Crippen LogP contribution in [0.3, 0.4) is 0 Å². The Labute approximate surface area is 182 Å². The van der Waals surface area contributed by atoms with Crippen LogP contribution < -0.4 is 5.32 Å². The van der Waals surface area contributed by atoms with Gasteiger partial charge in [0.05, 0.1) is 17.5 Å². The number of hydrogen-bond acceptors (Lipinski definition) is 2. The Kier molecular flexibility index (Phi) is 5.90. The van der Waals surface area contributed by atoms with Crippen molar-refractivity contribution in [1.82, 2.24) is 4.57 Å². The number of para-hydroxylation sites is 1. The number of halogens is 3. The summed E-state index contributed by atoms with van der Waals surface area (Å²) in [6, 6.07) is 22.3. The summed E-state index contributed by atoms with van der Waals surface area (Å²) in [5.41, 5.74) is 2.23. The van der Waals surface area contributed by atoms with E-state index >= 15 is 0 Å². The van der Waals surface area contributed by atoms with E-state index in [1.165, 1.54) is 6.07 Å². The zero-order valence-electron chi connectivity index (χ0n) is 17.1. The number of nitrogens with zero attached hydrogens (tertiary/aromatic N) is 1. The first-order chi connectivity index (χ1) is 15.3. The van der Waals surface area contributed by atoms with Gasteiger partial charge in [0.2, 0.25) is 0 Å². The lowest BCUT2D eigenvalue weighted by atomic mass is 10.1. The van der Waals surface area contributed by atoms with E-state index < -0.39 is 17.7 Å². The summed E-state index contributed by atoms with van der Waals surface area (Å²) >= 11 is 0. The number of aliphatic carboxylic acids is 1. The molecule has 0 aliphatic rings. The molecule has 0 atom stereocenters. The normalized spacial score (nSPS) is 11.6. The molecule has 1 heterocycles. The fourth-order valence-electron chi connectivity index (χ4n) is 3.88. The fraction of sp³-hybridized carbons (Fsp3) is 0.160. The van der Waals surface area contributed by atoms with E-state index in [0.717, 1.165) is 28.6 Å². The largest absolute Gasteiger partial charge is 0.481 e. The van der Waals surface area contributed by atoms with Crippen molar-refractivity contribution in [2.75, 3.05) is 5.32 Å². The Morgan fingerprint density at radius 1 is 0.906 bits per heavy atom. The Bertz CT molecular complexity index is 1250. The van der Waals surface area contributed by atoms with Crippen molar-refractivity contribution in [1.29, 1.82) is 0 Å². The summed E-state index contributed by atoms with van der Waals surface area (Å²) in [7, 11) is 0. The molecule has 4 rings (SSSR count). The number of hydrogen-bond donors (Lipinski definition) is 2. The van der Waals surface area contributed by atoms with Crippen LogP contribution >= 0.6 is 0 Å². The van der Waals surface area contributed by atoms with Crippen LogP contribution in [0.5, 0.6) is 0 Å². The van der Waals surface area contributed by atoms with Crippen LogP contribution in [0, 0.1) is 0 Å². The third-order valence-corrected chi connectivity index (χ3v) is 5.30. The first-order valence-electron chi connectivity index (χ1n) is 10.1. The van der Waals surface area contributed by atoms with Gasteiger partial charge in [-0.25, -0.2) is 0 Å². The molecule has 1 aromatic heterocycles. The van der Waals surface area contributed by atoms with Gasteiger partial charge in [-0.05, 0) is 29.3 Å². The molecular weight excluding hydrogens is 417 g/mol. The van der Waals surface area contributed by atoms with E-state index in [2.05, 4.69) is 5.32 Å². The number of nitrogens with one attached hydrogen (secondary N) is 1. The quantitative estimate of drug-likeness (QED) is 0.375. The highest BCUT2D eigenvalue weighted by atomic mass is 19.4. The summed E-state index contributed by atoms with van der Waals surface area (Å²) in [6.45, 7) is 0.619. The second-order valence-electron chi connectivity index (χ2n) is 7.54. The number of rotatable bonds is 7. The van der Waals surface area contributed by atoms with Crippen LogP contribution in [0.15, 0.2) is 78.9 Å². The van der Waals surface area contributed by atoms with Gasteiger partial charge in [0.15, 0.2) is 0 Å². The first kappa shape index (κ1) is 21.5. The maximum Gasteiger partial charge on any atom is 0.416 e. The molecule has 0 spiro atoms. The lowest BCUT2D eigenvalue weighted by Crippen LogP contribution is -2.12. The van der Waals surface area contributed by atoms with Crippen LogP contribution in [-0.4, -0.2) is 15.6 Å². The molecule has 4 nitrogen and oxygen atoms in total. The highest BCUT2D eigenvalue weighted by molar-refractivity contribution is 5.93. The number of carbonyl (C=O) groups is 1.